The van der Waals surface area contributed by atoms with E-state index in [-0.39, 0.29) is 17.9 Å². The number of carbonyl (C=O) groups is 1. The molecule has 3 saturated heterocycles. The number of H-pyrrole nitrogens is 1. The number of rotatable bonds is 3. The zero-order valence-corrected chi connectivity index (χ0v) is 15.7. The summed E-state index contributed by atoms with van der Waals surface area (Å²) < 4.78 is 27.9. The molecule has 26 heavy (non-hydrogen) atoms. The van der Waals surface area contributed by atoms with Gasteiger partial charge in [-0.3, -0.25) is 4.79 Å². The number of fused-ring (bicyclic) bond motifs is 5. The van der Waals surface area contributed by atoms with Crippen molar-refractivity contribution in [1.29, 1.82) is 0 Å². The molecule has 3 aliphatic rings. The van der Waals surface area contributed by atoms with Crippen molar-refractivity contribution in [3.05, 3.63) is 30.1 Å². The third-order valence-electron chi connectivity index (χ3n) is 5.32. The molecule has 0 radical (unpaired) electrons. The summed E-state index contributed by atoms with van der Waals surface area (Å²) >= 11 is 0. The molecule has 3 aliphatic heterocycles. The molecular weight excluding hydrogens is 354 g/mol. The van der Waals surface area contributed by atoms with Gasteiger partial charge in [-0.05, 0) is 30.9 Å². The lowest BCUT2D eigenvalue weighted by Gasteiger charge is -2.35. The average molecular weight is 377 g/mol. The number of aromatic amines is 1. The van der Waals surface area contributed by atoms with Crippen molar-refractivity contribution < 1.29 is 13.2 Å². The summed E-state index contributed by atoms with van der Waals surface area (Å²) in [6.45, 7) is 1.36. The number of benzene rings is 1. The number of carbonyl (C=O) groups excluding carboxylic acids is 1. The first kappa shape index (κ1) is 17.4. The van der Waals surface area contributed by atoms with Gasteiger partial charge in [0.2, 0.25) is 0 Å². The first-order chi connectivity index (χ1) is 12.4. The second kappa shape index (κ2) is 6.33. The molecule has 0 aliphatic carbocycles. The third-order valence-corrected chi connectivity index (χ3v) is 7.19. The van der Waals surface area contributed by atoms with Gasteiger partial charge in [0.25, 0.3) is 16.1 Å². The van der Waals surface area contributed by atoms with Crippen LogP contribution in [0.5, 0.6) is 0 Å². The van der Waals surface area contributed by atoms with E-state index in [4.69, 9.17) is 0 Å². The Balaban J connectivity index is 1.61. The number of nitrogens with one attached hydrogen (secondary N) is 1. The summed E-state index contributed by atoms with van der Waals surface area (Å²) in [6.07, 6.45) is 1.75. The Kier molecular flexibility index (Phi) is 4.25. The standard InChI is InChI=1S/C17H23N5O3S/c1-20(2)26(24,25)21-9-12-7-8-13(11-21)22(10-12)17(23)16-18-14-5-3-4-6-15(14)19-16/h3-6,12-13H,7-11H2,1-2H3,(H,18,19)/t12-,13+/m1/s1. The highest BCUT2D eigenvalue weighted by Gasteiger charge is 2.42. The fourth-order valence-electron chi connectivity index (χ4n) is 3.90. The summed E-state index contributed by atoms with van der Waals surface area (Å²) in [4.78, 5) is 22.4. The summed E-state index contributed by atoms with van der Waals surface area (Å²) in [7, 11) is -0.396. The maximum atomic E-state index is 13.1. The molecule has 2 bridgehead atoms. The van der Waals surface area contributed by atoms with Crippen LogP contribution < -0.4 is 0 Å². The van der Waals surface area contributed by atoms with Gasteiger partial charge in [0.15, 0.2) is 5.82 Å². The molecule has 0 saturated carbocycles. The van der Waals surface area contributed by atoms with Crippen molar-refractivity contribution >= 4 is 27.1 Å². The maximum absolute atomic E-state index is 13.1. The smallest absolute Gasteiger partial charge is 0.289 e. The first-order valence-corrected chi connectivity index (χ1v) is 10.2. The van der Waals surface area contributed by atoms with Crippen LogP contribution in [0.2, 0.25) is 0 Å². The van der Waals surface area contributed by atoms with Gasteiger partial charge in [-0.15, -0.1) is 0 Å². The molecule has 0 spiro atoms. The van der Waals surface area contributed by atoms with E-state index < -0.39 is 10.2 Å². The molecule has 8 nitrogen and oxygen atoms in total. The normalized spacial score (nSPS) is 24.3. The van der Waals surface area contributed by atoms with Gasteiger partial charge in [-0.2, -0.15) is 17.0 Å². The molecule has 3 fully saturated rings. The Morgan fingerprint density at radius 3 is 2.69 bits per heavy atom. The van der Waals surface area contributed by atoms with E-state index in [0.717, 1.165) is 23.9 Å². The van der Waals surface area contributed by atoms with Crippen molar-refractivity contribution in [3.63, 3.8) is 0 Å². The van der Waals surface area contributed by atoms with E-state index in [1.165, 1.54) is 8.61 Å². The van der Waals surface area contributed by atoms with Gasteiger partial charge < -0.3 is 9.88 Å². The molecule has 4 heterocycles. The van der Waals surface area contributed by atoms with E-state index >= 15 is 0 Å². The number of hydrogen-bond acceptors (Lipinski definition) is 4. The van der Waals surface area contributed by atoms with Crippen LogP contribution in [-0.4, -0.2) is 77.6 Å². The minimum absolute atomic E-state index is 0.121. The van der Waals surface area contributed by atoms with Crippen LogP contribution in [0.25, 0.3) is 11.0 Å². The molecule has 1 aromatic heterocycles. The molecule has 1 amide bonds. The summed E-state index contributed by atoms with van der Waals surface area (Å²) in [6, 6.07) is 7.41. The van der Waals surface area contributed by atoms with Crippen LogP contribution >= 0.6 is 0 Å². The van der Waals surface area contributed by atoms with Crippen LogP contribution in [-0.2, 0) is 10.2 Å². The lowest BCUT2D eigenvalue weighted by atomic mass is 9.95. The van der Waals surface area contributed by atoms with E-state index in [1.54, 1.807) is 19.0 Å². The third kappa shape index (κ3) is 2.89. The maximum Gasteiger partial charge on any atom is 0.289 e. The number of aromatic nitrogens is 2. The van der Waals surface area contributed by atoms with Gasteiger partial charge in [0, 0.05) is 39.8 Å². The minimum atomic E-state index is -3.48. The number of imidazole rings is 1. The van der Waals surface area contributed by atoms with Crippen molar-refractivity contribution in [2.75, 3.05) is 33.7 Å². The molecule has 140 valence electrons. The monoisotopic (exact) mass is 377 g/mol. The minimum Gasteiger partial charge on any atom is -0.334 e. The van der Waals surface area contributed by atoms with Gasteiger partial charge in [0.1, 0.15) is 0 Å². The van der Waals surface area contributed by atoms with Gasteiger partial charge in [-0.1, -0.05) is 12.1 Å². The van der Waals surface area contributed by atoms with E-state index in [1.807, 2.05) is 24.3 Å². The molecule has 9 heteroatoms. The highest BCUT2D eigenvalue weighted by atomic mass is 32.2. The number of para-hydroxylation sites is 2. The Morgan fingerprint density at radius 1 is 1.19 bits per heavy atom. The zero-order chi connectivity index (χ0) is 18.5. The second-order valence-electron chi connectivity index (χ2n) is 7.26. The van der Waals surface area contributed by atoms with E-state index in [0.29, 0.717) is 25.5 Å². The Bertz CT molecular complexity index is 906. The number of hydrogen-bond donors (Lipinski definition) is 1. The molecule has 0 unspecified atom stereocenters. The fourth-order valence-corrected chi connectivity index (χ4v) is 5.12. The predicted octanol–water partition coefficient (Wildman–Crippen LogP) is 0.906. The van der Waals surface area contributed by atoms with E-state index in [9.17, 15) is 13.2 Å². The van der Waals surface area contributed by atoms with Crippen LogP contribution in [0.3, 0.4) is 0 Å². The van der Waals surface area contributed by atoms with E-state index in [2.05, 4.69) is 9.97 Å². The Labute approximate surface area is 153 Å². The van der Waals surface area contributed by atoms with Crippen LogP contribution in [0.1, 0.15) is 23.5 Å². The molecule has 2 atom stereocenters. The molecule has 2 aromatic rings. The Hall–Kier alpha value is -1.97. The quantitative estimate of drug-likeness (QED) is 0.861. The average Bonchev–Trinajstić information content (AvgIpc) is 2.82. The molecule has 1 aromatic carbocycles. The number of amides is 1. The highest BCUT2D eigenvalue weighted by Crippen LogP contribution is 2.30. The lowest BCUT2D eigenvalue weighted by molar-refractivity contribution is 0.0577. The summed E-state index contributed by atoms with van der Waals surface area (Å²) in [5, 5.41) is 0. The van der Waals surface area contributed by atoms with Gasteiger partial charge in [-0.25, -0.2) is 4.98 Å². The van der Waals surface area contributed by atoms with Gasteiger partial charge in [0.05, 0.1) is 11.0 Å². The molecule has 5 rings (SSSR count). The van der Waals surface area contributed by atoms with Crippen LogP contribution in [0, 0.1) is 5.92 Å². The Morgan fingerprint density at radius 2 is 1.96 bits per heavy atom. The van der Waals surface area contributed by atoms with Gasteiger partial charge >= 0.3 is 0 Å². The lowest BCUT2D eigenvalue weighted by Crippen LogP contribution is -2.48. The predicted molar refractivity (Wildman–Crippen MR) is 97.8 cm³/mol. The van der Waals surface area contributed by atoms with Crippen molar-refractivity contribution in [2.45, 2.75) is 18.9 Å². The summed E-state index contributed by atoms with van der Waals surface area (Å²) in [5.74, 6) is 0.317. The van der Waals surface area contributed by atoms with Crippen molar-refractivity contribution in [1.82, 2.24) is 23.5 Å². The highest BCUT2D eigenvalue weighted by molar-refractivity contribution is 7.86. The van der Waals surface area contributed by atoms with Crippen molar-refractivity contribution in [3.8, 4) is 0 Å². The first-order valence-electron chi connectivity index (χ1n) is 8.79. The molecule has 1 N–H and O–H groups in total. The largest absolute Gasteiger partial charge is 0.334 e. The second-order valence-corrected chi connectivity index (χ2v) is 9.41. The molecular formula is C17H23N5O3S. The summed E-state index contributed by atoms with van der Waals surface area (Å²) in [5.41, 5.74) is 1.58. The zero-order valence-electron chi connectivity index (χ0n) is 14.9. The SMILES string of the molecule is CN(C)S(=O)(=O)N1C[C@H]2CC[C@@H](C1)N(C(=O)c1nc3ccccc3[nH]1)C2. The van der Waals surface area contributed by atoms with Crippen LogP contribution in [0.4, 0.5) is 0 Å². The van der Waals surface area contributed by atoms with Crippen molar-refractivity contribution in [2.24, 2.45) is 5.92 Å². The van der Waals surface area contributed by atoms with Crippen LogP contribution in [0.15, 0.2) is 24.3 Å². The number of nitrogens with zero attached hydrogens (tertiary/aromatic N) is 4. The topological polar surface area (TPSA) is 89.6 Å². The fraction of sp³-hybridized carbons (Fsp3) is 0.529. The number of piperidine rings is 1.